The number of carbonyl (C=O) groups excluding carboxylic acids is 2. The van der Waals surface area contributed by atoms with Crippen LogP contribution >= 0.6 is 0 Å². The van der Waals surface area contributed by atoms with Gasteiger partial charge in [0.15, 0.2) is 0 Å². The van der Waals surface area contributed by atoms with E-state index in [4.69, 9.17) is 4.74 Å². The van der Waals surface area contributed by atoms with E-state index in [1.54, 1.807) is 13.8 Å². The first-order valence-electron chi connectivity index (χ1n) is 7.78. The third-order valence-corrected chi connectivity index (χ3v) is 3.32. The number of nitrogens with zero attached hydrogens (tertiary/aromatic N) is 2. The van der Waals surface area contributed by atoms with Crippen molar-refractivity contribution in [3.05, 3.63) is 59.7 Å². The monoisotopic (exact) mass is 327 g/mol. The van der Waals surface area contributed by atoms with E-state index < -0.39 is 6.04 Å². The molecule has 24 heavy (non-hydrogen) atoms. The number of esters is 1. The molecule has 0 aliphatic heterocycles. The topological polar surface area (TPSA) is 81.2 Å². The van der Waals surface area contributed by atoms with Crippen LogP contribution in [0.2, 0.25) is 0 Å². The highest BCUT2D eigenvalue weighted by atomic mass is 16.5. The lowest BCUT2D eigenvalue weighted by Crippen LogP contribution is -2.31. The third-order valence-electron chi connectivity index (χ3n) is 3.32. The minimum absolute atomic E-state index is 0.0489. The first kappa shape index (κ1) is 17.6. The van der Waals surface area contributed by atoms with E-state index in [1.165, 1.54) is 18.6 Å². The highest BCUT2D eigenvalue weighted by molar-refractivity contribution is 5.92. The molecule has 1 aromatic carbocycles. The molecule has 2 aromatic rings. The second-order valence-electron chi connectivity index (χ2n) is 5.77. The maximum absolute atomic E-state index is 12.3. The highest BCUT2D eigenvalue weighted by Crippen LogP contribution is 2.19. The standard InChI is InChI=1S/C18H21N3O3/c1-12(2)24-17(22)10-15(14-6-4-13(3)5-7-14)21-18(23)16-11-19-8-9-20-16/h4-9,11-12,15H,10H2,1-3H3,(H,21,23)/t15-/m0/s1. The molecule has 1 N–H and O–H groups in total. The summed E-state index contributed by atoms with van der Waals surface area (Å²) in [5.74, 6) is -0.749. The zero-order valence-electron chi connectivity index (χ0n) is 14.0. The Bertz CT molecular complexity index is 684. The summed E-state index contributed by atoms with van der Waals surface area (Å²) in [4.78, 5) is 32.2. The maximum Gasteiger partial charge on any atom is 0.308 e. The van der Waals surface area contributed by atoms with Gasteiger partial charge in [-0.25, -0.2) is 4.98 Å². The maximum atomic E-state index is 12.3. The van der Waals surface area contributed by atoms with Gasteiger partial charge in [0.05, 0.1) is 24.8 Å². The van der Waals surface area contributed by atoms with Crippen LogP contribution in [-0.4, -0.2) is 27.9 Å². The molecule has 1 aromatic heterocycles. The Balaban J connectivity index is 2.17. The lowest BCUT2D eigenvalue weighted by molar-refractivity contribution is -0.147. The van der Waals surface area contributed by atoms with Crippen LogP contribution < -0.4 is 5.32 Å². The molecule has 126 valence electrons. The second-order valence-corrected chi connectivity index (χ2v) is 5.77. The number of nitrogens with one attached hydrogen (secondary N) is 1. The first-order chi connectivity index (χ1) is 11.5. The minimum Gasteiger partial charge on any atom is -0.463 e. The number of aromatic nitrogens is 2. The Morgan fingerprint density at radius 3 is 2.46 bits per heavy atom. The van der Waals surface area contributed by atoms with Crippen molar-refractivity contribution in [2.75, 3.05) is 0 Å². The van der Waals surface area contributed by atoms with Crippen LogP contribution in [0.25, 0.3) is 0 Å². The van der Waals surface area contributed by atoms with E-state index >= 15 is 0 Å². The van der Waals surface area contributed by atoms with E-state index in [0.717, 1.165) is 11.1 Å². The summed E-state index contributed by atoms with van der Waals surface area (Å²) in [6.45, 7) is 5.55. The van der Waals surface area contributed by atoms with Crippen LogP contribution in [0.15, 0.2) is 42.9 Å². The van der Waals surface area contributed by atoms with E-state index in [0.29, 0.717) is 0 Å². The van der Waals surface area contributed by atoms with Crippen LogP contribution in [0.4, 0.5) is 0 Å². The number of amides is 1. The van der Waals surface area contributed by atoms with Crippen molar-refractivity contribution in [2.45, 2.75) is 39.3 Å². The van der Waals surface area contributed by atoms with Crippen molar-refractivity contribution in [1.82, 2.24) is 15.3 Å². The van der Waals surface area contributed by atoms with Gasteiger partial charge in [-0.2, -0.15) is 0 Å². The average molecular weight is 327 g/mol. The molecule has 1 atom stereocenters. The average Bonchev–Trinajstić information content (AvgIpc) is 2.55. The molecule has 2 rings (SSSR count). The molecule has 0 spiro atoms. The van der Waals surface area contributed by atoms with Gasteiger partial charge in [-0.15, -0.1) is 0 Å². The number of aryl methyl sites for hydroxylation is 1. The molecule has 0 saturated heterocycles. The molecule has 0 aliphatic carbocycles. The van der Waals surface area contributed by atoms with Crippen molar-refractivity contribution < 1.29 is 14.3 Å². The van der Waals surface area contributed by atoms with Crippen molar-refractivity contribution in [3.8, 4) is 0 Å². The molecular formula is C18H21N3O3. The van der Waals surface area contributed by atoms with Gasteiger partial charge in [0.2, 0.25) is 0 Å². The summed E-state index contributed by atoms with van der Waals surface area (Å²) in [5.41, 5.74) is 2.13. The fourth-order valence-electron chi connectivity index (χ4n) is 2.18. The fourth-order valence-corrected chi connectivity index (χ4v) is 2.18. The summed E-state index contributed by atoms with van der Waals surface area (Å²) in [7, 11) is 0. The van der Waals surface area contributed by atoms with Gasteiger partial charge in [0.1, 0.15) is 5.69 Å². The van der Waals surface area contributed by atoms with Gasteiger partial charge in [0.25, 0.3) is 5.91 Å². The van der Waals surface area contributed by atoms with Gasteiger partial charge >= 0.3 is 5.97 Å². The largest absolute Gasteiger partial charge is 0.463 e. The molecule has 0 radical (unpaired) electrons. The number of ether oxygens (including phenoxy) is 1. The van der Waals surface area contributed by atoms with Gasteiger partial charge < -0.3 is 10.1 Å². The third kappa shape index (κ3) is 5.15. The highest BCUT2D eigenvalue weighted by Gasteiger charge is 2.21. The molecule has 0 saturated carbocycles. The number of carbonyl (C=O) groups is 2. The molecule has 0 unspecified atom stereocenters. The van der Waals surface area contributed by atoms with Crippen molar-refractivity contribution in [2.24, 2.45) is 0 Å². The zero-order chi connectivity index (χ0) is 17.5. The normalized spacial score (nSPS) is 11.8. The molecule has 0 bridgehead atoms. The fraction of sp³-hybridized carbons (Fsp3) is 0.333. The Morgan fingerprint density at radius 2 is 1.88 bits per heavy atom. The van der Waals surface area contributed by atoms with Crippen LogP contribution in [0.5, 0.6) is 0 Å². The summed E-state index contributed by atoms with van der Waals surface area (Å²) in [6, 6.07) is 7.15. The summed E-state index contributed by atoms with van der Waals surface area (Å²) in [5, 5.41) is 2.83. The Hall–Kier alpha value is -2.76. The Labute approximate surface area is 141 Å². The van der Waals surface area contributed by atoms with E-state index in [9.17, 15) is 9.59 Å². The van der Waals surface area contributed by atoms with E-state index in [-0.39, 0.29) is 30.1 Å². The van der Waals surface area contributed by atoms with Crippen molar-refractivity contribution >= 4 is 11.9 Å². The summed E-state index contributed by atoms with van der Waals surface area (Å²) >= 11 is 0. The predicted molar refractivity (Wildman–Crippen MR) is 89.3 cm³/mol. The number of benzene rings is 1. The predicted octanol–water partition coefficient (Wildman–Crippen LogP) is 2.60. The SMILES string of the molecule is Cc1ccc([C@H](CC(=O)OC(C)C)NC(=O)c2cnccn2)cc1. The first-order valence-corrected chi connectivity index (χ1v) is 7.78. The summed E-state index contributed by atoms with van der Waals surface area (Å²) < 4.78 is 5.19. The van der Waals surface area contributed by atoms with Crippen LogP contribution in [0.1, 0.15) is 47.9 Å². The molecule has 6 nitrogen and oxygen atoms in total. The van der Waals surface area contributed by atoms with Crippen LogP contribution in [0, 0.1) is 6.92 Å². The second kappa shape index (κ2) is 8.19. The van der Waals surface area contributed by atoms with E-state index in [2.05, 4.69) is 15.3 Å². The molecular weight excluding hydrogens is 306 g/mol. The van der Waals surface area contributed by atoms with Crippen molar-refractivity contribution in [3.63, 3.8) is 0 Å². The van der Waals surface area contributed by atoms with Crippen molar-refractivity contribution in [1.29, 1.82) is 0 Å². The molecule has 1 amide bonds. The number of hydrogen-bond acceptors (Lipinski definition) is 5. The zero-order valence-corrected chi connectivity index (χ0v) is 14.0. The molecule has 1 heterocycles. The lowest BCUT2D eigenvalue weighted by atomic mass is 10.0. The van der Waals surface area contributed by atoms with Gasteiger partial charge in [-0.3, -0.25) is 14.6 Å². The van der Waals surface area contributed by atoms with E-state index in [1.807, 2.05) is 31.2 Å². The Kier molecular flexibility index (Phi) is 6.01. The van der Waals surface area contributed by atoms with Crippen LogP contribution in [0.3, 0.4) is 0 Å². The minimum atomic E-state index is -0.494. The van der Waals surface area contributed by atoms with Gasteiger partial charge in [0, 0.05) is 12.4 Å². The molecule has 0 fully saturated rings. The van der Waals surface area contributed by atoms with Crippen LogP contribution in [-0.2, 0) is 9.53 Å². The number of rotatable bonds is 6. The summed E-state index contributed by atoms with van der Waals surface area (Å²) in [6.07, 6.45) is 4.17. The smallest absolute Gasteiger partial charge is 0.308 e. The molecule has 0 aliphatic rings. The lowest BCUT2D eigenvalue weighted by Gasteiger charge is -2.19. The quantitative estimate of drug-likeness (QED) is 0.825. The van der Waals surface area contributed by atoms with Gasteiger partial charge in [-0.1, -0.05) is 29.8 Å². The Morgan fingerprint density at radius 1 is 1.17 bits per heavy atom. The van der Waals surface area contributed by atoms with Gasteiger partial charge in [-0.05, 0) is 26.3 Å². The number of hydrogen-bond donors (Lipinski definition) is 1. The molecule has 6 heteroatoms.